The van der Waals surface area contributed by atoms with Crippen molar-refractivity contribution in [2.75, 3.05) is 33.5 Å². The second-order valence-corrected chi connectivity index (χ2v) is 4.12. The lowest BCUT2D eigenvalue weighted by Crippen LogP contribution is -2.27. The molecule has 2 atom stereocenters. The summed E-state index contributed by atoms with van der Waals surface area (Å²) in [6.45, 7) is 4.40. The van der Waals surface area contributed by atoms with E-state index in [0.717, 1.165) is 12.2 Å². The summed E-state index contributed by atoms with van der Waals surface area (Å²) in [5, 5.41) is 0. The lowest BCUT2D eigenvalue weighted by Gasteiger charge is -2.19. The summed E-state index contributed by atoms with van der Waals surface area (Å²) < 4.78 is 21.3. The van der Waals surface area contributed by atoms with Crippen LogP contribution in [0.5, 0.6) is 0 Å². The first-order valence-electron chi connectivity index (χ1n) is 6.23. The normalized spacial score (nSPS) is 14.6. The number of nitrogens with two attached hydrogens (primary N) is 1. The Kier molecular flexibility index (Phi) is 7.68. The monoisotopic (exact) mass is 257 g/mol. The van der Waals surface area contributed by atoms with Crippen LogP contribution in [0.2, 0.25) is 0 Å². The maximum absolute atomic E-state index is 5.88. The van der Waals surface area contributed by atoms with Crippen LogP contribution in [0.15, 0.2) is 22.8 Å². The molecule has 104 valence electrons. The number of rotatable bonds is 10. The first-order valence-corrected chi connectivity index (χ1v) is 6.23. The molecular weight excluding hydrogens is 234 g/mol. The Hall–Kier alpha value is -0.880. The van der Waals surface area contributed by atoms with Crippen molar-refractivity contribution in [3.63, 3.8) is 0 Å². The first-order chi connectivity index (χ1) is 8.75. The number of methoxy groups -OCH3 is 1. The van der Waals surface area contributed by atoms with E-state index in [4.69, 9.17) is 24.4 Å². The van der Waals surface area contributed by atoms with Gasteiger partial charge in [-0.15, -0.1) is 0 Å². The summed E-state index contributed by atoms with van der Waals surface area (Å²) >= 11 is 0. The van der Waals surface area contributed by atoms with Crippen LogP contribution < -0.4 is 5.73 Å². The Morgan fingerprint density at radius 3 is 2.72 bits per heavy atom. The van der Waals surface area contributed by atoms with Crippen LogP contribution in [0, 0.1) is 0 Å². The molecule has 1 aromatic rings. The number of hydrogen-bond acceptors (Lipinski definition) is 5. The van der Waals surface area contributed by atoms with Gasteiger partial charge in [-0.2, -0.15) is 0 Å². The molecule has 1 heterocycles. The van der Waals surface area contributed by atoms with Gasteiger partial charge in [-0.05, 0) is 25.5 Å². The number of hydrogen-bond donors (Lipinski definition) is 1. The van der Waals surface area contributed by atoms with Crippen LogP contribution in [-0.2, 0) is 14.2 Å². The van der Waals surface area contributed by atoms with Crippen LogP contribution in [0.25, 0.3) is 0 Å². The Balaban J connectivity index is 2.15. The molecule has 2 unspecified atom stereocenters. The molecule has 5 nitrogen and oxygen atoms in total. The molecule has 0 fully saturated rings. The number of furan rings is 1. The molecule has 0 bridgehead atoms. The third-order valence-corrected chi connectivity index (χ3v) is 2.46. The van der Waals surface area contributed by atoms with Crippen molar-refractivity contribution >= 4 is 0 Å². The van der Waals surface area contributed by atoms with Crippen LogP contribution in [0.3, 0.4) is 0 Å². The summed E-state index contributed by atoms with van der Waals surface area (Å²) in [7, 11) is 1.66. The molecule has 1 rings (SSSR count). The average Bonchev–Trinajstić information content (AvgIpc) is 2.85. The minimum Gasteiger partial charge on any atom is -0.467 e. The van der Waals surface area contributed by atoms with Crippen molar-refractivity contribution < 1.29 is 18.6 Å². The maximum Gasteiger partial charge on any atom is 0.134 e. The highest BCUT2D eigenvalue weighted by molar-refractivity contribution is 5.04. The molecule has 0 aliphatic carbocycles. The minimum atomic E-state index is -0.195. The van der Waals surface area contributed by atoms with Gasteiger partial charge in [0.25, 0.3) is 0 Å². The fraction of sp³-hybridized carbons (Fsp3) is 0.692. The number of ether oxygens (including phenoxy) is 3. The molecule has 0 amide bonds. The van der Waals surface area contributed by atoms with Crippen molar-refractivity contribution in [2.45, 2.75) is 25.5 Å². The lowest BCUT2D eigenvalue weighted by atomic mass is 10.1. The van der Waals surface area contributed by atoms with Crippen LogP contribution >= 0.6 is 0 Å². The van der Waals surface area contributed by atoms with Gasteiger partial charge in [-0.3, -0.25) is 0 Å². The third-order valence-electron chi connectivity index (χ3n) is 2.46. The van der Waals surface area contributed by atoms with E-state index in [9.17, 15) is 0 Å². The molecule has 0 saturated heterocycles. The third kappa shape index (κ3) is 5.64. The van der Waals surface area contributed by atoms with Crippen molar-refractivity contribution in [1.29, 1.82) is 0 Å². The fourth-order valence-corrected chi connectivity index (χ4v) is 1.56. The van der Waals surface area contributed by atoms with Gasteiger partial charge in [0.2, 0.25) is 0 Å². The smallest absolute Gasteiger partial charge is 0.134 e. The highest BCUT2D eigenvalue weighted by atomic mass is 16.5. The van der Waals surface area contributed by atoms with E-state index < -0.39 is 0 Å². The van der Waals surface area contributed by atoms with Gasteiger partial charge in [-0.25, -0.2) is 0 Å². The second-order valence-electron chi connectivity index (χ2n) is 4.12. The fourth-order valence-electron chi connectivity index (χ4n) is 1.56. The predicted octanol–water partition coefficient (Wildman–Crippen LogP) is 1.74. The van der Waals surface area contributed by atoms with E-state index in [1.807, 2.05) is 19.1 Å². The molecule has 0 aromatic carbocycles. The molecular formula is C13H23NO4. The zero-order valence-electron chi connectivity index (χ0n) is 11.1. The van der Waals surface area contributed by atoms with Crippen molar-refractivity contribution in [3.8, 4) is 0 Å². The van der Waals surface area contributed by atoms with Gasteiger partial charge in [0.1, 0.15) is 11.9 Å². The highest BCUT2D eigenvalue weighted by Gasteiger charge is 2.19. The van der Waals surface area contributed by atoms with E-state index in [0.29, 0.717) is 26.4 Å². The van der Waals surface area contributed by atoms with Gasteiger partial charge in [0, 0.05) is 26.4 Å². The van der Waals surface area contributed by atoms with Crippen molar-refractivity contribution in [2.24, 2.45) is 5.73 Å². The average molecular weight is 257 g/mol. The molecule has 18 heavy (non-hydrogen) atoms. The van der Waals surface area contributed by atoms with Crippen LogP contribution in [0.1, 0.15) is 25.2 Å². The lowest BCUT2D eigenvalue weighted by molar-refractivity contribution is 0.00469. The molecule has 5 heteroatoms. The molecule has 0 aliphatic heterocycles. The van der Waals surface area contributed by atoms with E-state index in [2.05, 4.69) is 0 Å². The topological polar surface area (TPSA) is 66.8 Å². The van der Waals surface area contributed by atoms with Gasteiger partial charge >= 0.3 is 0 Å². The Morgan fingerprint density at radius 2 is 2.11 bits per heavy atom. The molecule has 0 radical (unpaired) electrons. The zero-order valence-corrected chi connectivity index (χ0v) is 11.1. The van der Waals surface area contributed by atoms with Gasteiger partial charge < -0.3 is 24.4 Å². The van der Waals surface area contributed by atoms with Crippen molar-refractivity contribution in [3.05, 3.63) is 24.2 Å². The summed E-state index contributed by atoms with van der Waals surface area (Å²) in [6, 6.07) is 3.61. The molecule has 0 aliphatic rings. The van der Waals surface area contributed by atoms with E-state index in [1.54, 1.807) is 13.4 Å². The van der Waals surface area contributed by atoms with E-state index in [-0.39, 0.29) is 12.1 Å². The van der Waals surface area contributed by atoms with Gasteiger partial charge in [0.15, 0.2) is 0 Å². The van der Waals surface area contributed by atoms with Crippen LogP contribution in [-0.4, -0.2) is 39.6 Å². The summed E-state index contributed by atoms with van der Waals surface area (Å²) in [4.78, 5) is 0. The summed E-state index contributed by atoms with van der Waals surface area (Å²) in [6.07, 6.45) is 2.26. The standard InChI is InChI=1S/C13H23NO4/c1-11(14)13(12-5-3-7-17-12)18-8-4-6-16-10-9-15-2/h3,5,7,11,13H,4,6,8-10,14H2,1-2H3. The van der Waals surface area contributed by atoms with Crippen LogP contribution in [0.4, 0.5) is 0 Å². The Morgan fingerprint density at radius 1 is 1.28 bits per heavy atom. The SMILES string of the molecule is COCCOCCCOC(c1ccco1)C(C)N. The minimum absolute atomic E-state index is 0.106. The van der Waals surface area contributed by atoms with Gasteiger partial charge in [0.05, 0.1) is 19.5 Å². The highest BCUT2D eigenvalue weighted by Crippen LogP contribution is 2.20. The largest absolute Gasteiger partial charge is 0.467 e. The van der Waals surface area contributed by atoms with E-state index in [1.165, 1.54) is 0 Å². The molecule has 2 N–H and O–H groups in total. The van der Waals surface area contributed by atoms with Gasteiger partial charge in [-0.1, -0.05) is 0 Å². The summed E-state index contributed by atoms with van der Waals surface area (Å²) in [5.74, 6) is 0.769. The van der Waals surface area contributed by atoms with E-state index >= 15 is 0 Å². The van der Waals surface area contributed by atoms with Crippen molar-refractivity contribution in [1.82, 2.24) is 0 Å². The maximum atomic E-state index is 5.88. The predicted molar refractivity (Wildman–Crippen MR) is 68.4 cm³/mol. The second kappa shape index (κ2) is 9.10. The quantitative estimate of drug-likeness (QED) is 0.647. The molecule has 1 aromatic heterocycles. The Bertz CT molecular complexity index is 287. The molecule has 0 spiro atoms. The summed E-state index contributed by atoms with van der Waals surface area (Å²) in [5.41, 5.74) is 5.88. The zero-order chi connectivity index (χ0) is 13.2. The molecule has 0 saturated carbocycles. The Labute approximate surface area is 108 Å². The first kappa shape index (κ1) is 15.2.